The predicted molar refractivity (Wildman–Crippen MR) is 178 cm³/mol. The van der Waals surface area contributed by atoms with E-state index in [2.05, 4.69) is 63.5 Å². The second-order valence-corrected chi connectivity index (χ2v) is 12.8. The number of carbonyl (C=O) groups excluding carboxylic acids is 2. The Bertz CT molecular complexity index is 1730. The lowest BCUT2D eigenvalue weighted by atomic mass is 9.73. The van der Waals surface area contributed by atoms with Crippen molar-refractivity contribution in [2.24, 2.45) is 5.41 Å². The highest BCUT2D eigenvalue weighted by molar-refractivity contribution is 6.02. The van der Waals surface area contributed by atoms with E-state index in [1.165, 1.54) is 0 Å². The van der Waals surface area contributed by atoms with Gasteiger partial charge in [0.15, 0.2) is 5.78 Å². The molecule has 0 saturated heterocycles. The van der Waals surface area contributed by atoms with E-state index in [9.17, 15) is 9.59 Å². The minimum Gasteiger partial charge on any atom is -0.497 e. The number of allylic oxidation sites excluding steroid dienone is 1. The number of Topliss-reactive ketones (excluding diaryl/α,β-unsaturated/α-hetero) is 1. The summed E-state index contributed by atoms with van der Waals surface area (Å²) >= 11 is 0. The maximum absolute atomic E-state index is 13.9. The van der Waals surface area contributed by atoms with Crippen LogP contribution in [0.3, 0.4) is 0 Å². The maximum Gasteiger partial charge on any atom is 0.239 e. The van der Waals surface area contributed by atoms with E-state index in [1.54, 1.807) is 7.11 Å². The molecule has 1 aliphatic carbocycles. The third-order valence-corrected chi connectivity index (χ3v) is 8.73. The first-order chi connectivity index (χ1) is 21.1. The van der Waals surface area contributed by atoms with Gasteiger partial charge in [0.2, 0.25) is 5.91 Å². The van der Waals surface area contributed by atoms with E-state index in [0.717, 1.165) is 62.5 Å². The minimum atomic E-state index is -0.409. The van der Waals surface area contributed by atoms with Gasteiger partial charge >= 0.3 is 0 Å². The van der Waals surface area contributed by atoms with Crippen LogP contribution in [-0.2, 0) is 16.0 Å². The molecule has 6 rings (SSSR count). The van der Waals surface area contributed by atoms with Crippen LogP contribution in [0.5, 0.6) is 5.75 Å². The summed E-state index contributed by atoms with van der Waals surface area (Å²) in [5.74, 6) is 0.827. The molecule has 2 heterocycles. The largest absolute Gasteiger partial charge is 0.497 e. The molecule has 1 aromatic heterocycles. The highest BCUT2D eigenvalue weighted by atomic mass is 16.5. The molecule has 0 saturated carbocycles. The number of ketones is 1. The first-order valence-electron chi connectivity index (χ1n) is 15.2. The van der Waals surface area contributed by atoms with Gasteiger partial charge in [0.25, 0.3) is 0 Å². The smallest absolute Gasteiger partial charge is 0.239 e. The standard InChI is InChI=1S/C36H41N5O3/c1-36(2)19-30-34(32(42)20-36)35(23-10-12-25(13-11-23)40(3)4)41(31-9-7-6-8-29(31)39-30)22-33(43)37-17-16-24-21-38-28-15-14-26(44-5)18-27(24)28/h6-15,18,21,35,38-39H,16-17,19-20,22H2,1-5H3,(H,37,43). The Balaban J connectivity index is 1.32. The van der Waals surface area contributed by atoms with Gasteiger partial charge in [-0.15, -0.1) is 0 Å². The van der Waals surface area contributed by atoms with Crippen molar-refractivity contribution < 1.29 is 14.3 Å². The Kier molecular flexibility index (Phi) is 7.84. The van der Waals surface area contributed by atoms with Gasteiger partial charge in [-0.2, -0.15) is 0 Å². The second-order valence-electron chi connectivity index (χ2n) is 12.8. The number of nitrogens with one attached hydrogen (secondary N) is 3. The number of rotatable bonds is 8. The van der Waals surface area contributed by atoms with Crippen molar-refractivity contribution >= 4 is 39.7 Å². The van der Waals surface area contributed by atoms with Gasteiger partial charge in [0, 0.05) is 61.1 Å². The van der Waals surface area contributed by atoms with E-state index in [4.69, 9.17) is 4.74 Å². The summed E-state index contributed by atoms with van der Waals surface area (Å²) in [5.41, 5.74) is 7.54. The molecule has 8 heteroatoms. The summed E-state index contributed by atoms with van der Waals surface area (Å²) in [6, 6.07) is 21.9. The summed E-state index contributed by atoms with van der Waals surface area (Å²) in [5, 5.41) is 7.87. The molecule has 228 valence electrons. The second kappa shape index (κ2) is 11.8. The van der Waals surface area contributed by atoms with Crippen molar-refractivity contribution in [1.29, 1.82) is 0 Å². The number of carbonyl (C=O) groups is 2. The average Bonchev–Trinajstić information content (AvgIpc) is 3.34. The molecule has 1 unspecified atom stereocenters. The Morgan fingerprint density at radius 3 is 2.59 bits per heavy atom. The number of hydrogen-bond acceptors (Lipinski definition) is 6. The fraction of sp³-hybridized carbons (Fsp3) is 0.333. The summed E-state index contributed by atoms with van der Waals surface area (Å²) in [7, 11) is 5.68. The molecule has 1 aliphatic heterocycles. The monoisotopic (exact) mass is 591 g/mol. The number of hydrogen-bond donors (Lipinski definition) is 3. The Morgan fingerprint density at radius 2 is 1.84 bits per heavy atom. The molecule has 4 aromatic rings. The van der Waals surface area contributed by atoms with Crippen molar-refractivity contribution in [3.8, 4) is 5.75 Å². The van der Waals surface area contributed by atoms with Gasteiger partial charge < -0.3 is 30.2 Å². The Labute approximate surface area is 259 Å². The zero-order chi connectivity index (χ0) is 31.0. The number of amides is 1. The highest BCUT2D eigenvalue weighted by Gasteiger charge is 2.41. The van der Waals surface area contributed by atoms with Crippen molar-refractivity contribution in [2.75, 3.05) is 49.4 Å². The lowest BCUT2D eigenvalue weighted by Gasteiger charge is -2.38. The molecule has 3 N–H and O–H groups in total. The van der Waals surface area contributed by atoms with Gasteiger partial charge in [0.05, 0.1) is 31.1 Å². The van der Waals surface area contributed by atoms with E-state index in [1.807, 2.05) is 62.8 Å². The topological polar surface area (TPSA) is 89.7 Å². The summed E-state index contributed by atoms with van der Waals surface area (Å²) in [4.78, 5) is 35.1. The molecule has 0 spiro atoms. The van der Waals surface area contributed by atoms with Crippen LogP contribution in [0.4, 0.5) is 17.1 Å². The lowest BCUT2D eigenvalue weighted by molar-refractivity contribution is -0.120. The molecular weight excluding hydrogens is 550 g/mol. The van der Waals surface area contributed by atoms with Crippen LogP contribution >= 0.6 is 0 Å². The average molecular weight is 592 g/mol. The van der Waals surface area contributed by atoms with Crippen LogP contribution in [0.2, 0.25) is 0 Å². The van der Waals surface area contributed by atoms with E-state index in [0.29, 0.717) is 19.4 Å². The molecular formula is C36H41N5O3. The van der Waals surface area contributed by atoms with Gasteiger partial charge in [-0.3, -0.25) is 9.59 Å². The first kappa shape index (κ1) is 29.4. The van der Waals surface area contributed by atoms with E-state index < -0.39 is 6.04 Å². The maximum atomic E-state index is 13.9. The SMILES string of the molecule is COc1ccc2[nH]cc(CCNC(=O)CN3c4ccccc4NC4=C(C(=O)CC(C)(C)C4)C3c3ccc(N(C)C)cc3)c2c1. The number of H-pyrrole nitrogens is 1. The van der Waals surface area contributed by atoms with Crippen molar-refractivity contribution in [3.05, 3.63) is 95.3 Å². The lowest BCUT2D eigenvalue weighted by Crippen LogP contribution is -2.42. The minimum absolute atomic E-state index is 0.0974. The summed E-state index contributed by atoms with van der Waals surface area (Å²) in [6.07, 6.45) is 3.88. The molecule has 2 aliphatic rings. The number of methoxy groups -OCH3 is 1. The fourth-order valence-corrected chi connectivity index (χ4v) is 6.57. The van der Waals surface area contributed by atoms with E-state index in [-0.39, 0.29) is 23.7 Å². The molecule has 0 bridgehead atoms. The number of nitrogens with zero attached hydrogens (tertiary/aromatic N) is 2. The van der Waals surface area contributed by atoms with Crippen molar-refractivity contribution in [2.45, 2.75) is 39.2 Å². The first-order valence-corrected chi connectivity index (χ1v) is 15.2. The molecule has 0 radical (unpaired) electrons. The summed E-state index contributed by atoms with van der Waals surface area (Å²) < 4.78 is 5.41. The molecule has 1 amide bonds. The molecule has 3 aromatic carbocycles. The zero-order valence-corrected chi connectivity index (χ0v) is 26.2. The third-order valence-electron chi connectivity index (χ3n) is 8.73. The molecule has 1 atom stereocenters. The number of ether oxygens (including phenoxy) is 1. The van der Waals surface area contributed by atoms with Gasteiger partial charge in [-0.25, -0.2) is 0 Å². The molecule has 8 nitrogen and oxygen atoms in total. The van der Waals surface area contributed by atoms with Crippen molar-refractivity contribution in [1.82, 2.24) is 10.3 Å². The van der Waals surface area contributed by atoms with Crippen LogP contribution < -0.4 is 25.2 Å². The van der Waals surface area contributed by atoms with Gasteiger partial charge in [-0.05, 0) is 71.8 Å². The number of fused-ring (bicyclic) bond motifs is 2. The number of benzene rings is 3. The van der Waals surface area contributed by atoms with Gasteiger partial charge in [0.1, 0.15) is 5.75 Å². The number of aromatic nitrogens is 1. The van der Waals surface area contributed by atoms with Crippen molar-refractivity contribution in [3.63, 3.8) is 0 Å². The quantitative estimate of drug-likeness (QED) is 0.226. The Morgan fingerprint density at radius 1 is 1.07 bits per heavy atom. The fourth-order valence-electron chi connectivity index (χ4n) is 6.57. The van der Waals surface area contributed by atoms with Crippen LogP contribution in [0, 0.1) is 5.41 Å². The Hall–Kier alpha value is -4.72. The normalized spacial score (nSPS) is 17.4. The highest BCUT2D eigenvalue weighted by Crippen LogP contribution is 2.48. The number of aromatic amines is 1. The third kappa shape index (κ3) is 5.76. The van der Waals surface area contributed by atoms with Crippen LogP contribution in [0.25, 0.3) is 10.9 Å². The molecule has 0 fully saturated rings. The van der Waals surface area contributed by atoms with Crippen LogP contribution in [0.15, 0.2) is 84.2 Å². The van der Waals surface area contributed by atoms with Gasteiger partial charge in [-0.1, -0.05) is 38.1 Å². The van der Waals surface area contributed by atoms with Crippen LogP contribution in [0.1, 0.15) is 43.9 Å². The van der Waals surface area contributed by atoms with Crippen LogP contribution in [-0.4, -0.2) is 51.0 Å². The summed E-state index contributed by atoms with van der Waals surface area (Å²) in [6.45, 7) is 4.88. The number of para-hydroxylation sites is 2. The zero-order valence-electron chi connectivity index (χ0n) is 26.2. The molecule has 44 heavy (non-hydrogen) atoms. The predicted octanol–water partition coefficient (Wildman–Crippen LogP) is 6.22. The van der Waals surface area contributed by atoms with E-state index >= 15 is 0 Å². The number of anilines is 3.